The molecule has 1 fully saturated rings. The van der Waals surface area contributed by atoms with Crippen molar-refractivity contribution in [1.29, 1.82) is 0 Å². The van der Waals surface area contributed by atoms with Crippen molar-refractivity contribution in [3.8, 4) is 0 Å². The van der Waals surface area contributed by atoms with E-state index in [1.165, 1.54) is 4.90 Å². The van der Waals surface area contributed by atoms with Crippen molar-refractivity contribution in [3.63, 3.8) is 0 Å². The van der Waals surface area contributed by atoms with Gasteiger partial charge in [-0.15, -0.1) is 0 Å². The van der Waals surface area contributed by atoms with E-state index in [1.54, 1.807) is 14.2 Å². The smallest absolute Gasteiger partial charge is 0.329 e. The SMILES string of the molecule is COCCOCCC(=O)N(C)C1(C(=O)O)CCCCC1. The molecule has 1 aliphatic carbocycles. The second kappa shape index (κ2) is 8.21. The van der Waals surface area contributed by atoms with Crippen LogP contribution in [-0.2, 0) is 19.1 Å². The van der Waals surface area contributed by atoms with Gasteiger partial charge in [0, 0.05) is 14.2 Å². The van der Waals surface area contributed by atoms with Crippen LogP contribution in [0.1, 0.15) is 38.5 Å². The van der Waals surface area contributed by atoms with Crippen LogP contribution in [0.5, 0.6) is 0 Å². The topological polar surface area (TPSA) is 76.1 Å². The number of aliphatic carboxylic acids is 1. The van der Waals surface area contributed by atoms with E-state index in [1.807, 2.05) is 0 Å². The average molecular weight is 287 g/mol. The Kier molecular flexibility index (Phi) is 6.95. The highest BCUT2D eigenvalue weighted by molar-refractivity contribution is 5.87. The number of hydrogen-bond acceptors (Lipinski definition) is 4. The number of nitrogens with zero attached hydrogens (tertiary/aromatic N) is 1. The fourth-order valence-electron chi connectivity index (χ4n) is 2.64. The zero-order valence-electron chi connectivity index (χ0n) is 12.4. The van der Waals surface area contributed by atoms with Gasteiger partial charge in [0.05, 0.1) is 26.2 Å². The normalized spacial score (nSPS) is 17.7. The number of hydrogen-bond donors (Lipinski definition) is 1. The van der Waals surface area contributed by atoms with Gasteiger partial charge in [-0.25, -0.2) is 4.79 Å². The van der Waals surface area contributed by atoms with Gasteiger partial charge < -0.3 is 19.5 Å². The highest BCUT2D eigenvalue weighted by Gasteiger charge is 2.45. The van der Waals surface area contributed by atoms with E-state index in [0.717, 1.165) is 19.3 Å². The van der Waals surface area contributed by atoms with Crippen LogP contribution in [-0.4, -0.2) is 61.4 Å². The van der Waals surface area contributed by atoms with Crippen LogP contribution >= 0.6 is 0 Å². The molecular weight excluding hydrogens is 262 g/mol. The van der Waals surface area contributed by atoms with Crippen LogP contribution in [0.3, 0.4) is 0 Å². The molecule has 116 valence electrons. The molecule has 1 saturated carbocycles. The lowest BCUT2D eigenvalue weighted by atomic mass is 9.80. The summed E-state index contributed by atoms with van der Waals surface area (Å²) in [6, 6.07) is 0. The quantitative estimate of drug-likeness (QED) is 0.681. The van der Waals surface area contributed by atoms with Crippen molar-refractivity contribution in [2.75, 3.05) is 34.0 Å². The molecule has 6 nitrogen and oxygen atoms in total. The van der Waals surface area contributed by atoms with E-state index < -0.39 is 11.5 Å². The molecular formula is C14H25NO5. The monoisotopic (exact) mass is 287 g/mol. The first-order valence-corrected chi connectivity index (χ1v) is 7.11. The number of methoxy groups -OCH3 is 1. The summed E-state index contributed by atoms with van der Waals surface area (Å²) in [5, 5.41) is 9.51. The van der Waals surface area contributed by atoms with Gasteiger partial charge in [0.2, 0.25) is 5.91 Å². The lowest BCUT2D eigenvalue weighted by Crippen LogP contribution is -2.56. The number of likely N-dealkylation sites (N-methyl/N-ethyl adjacent to an activating group) is 1. The minimum absolute atomic E-state index is 0.174. The molecule has 0 heterocycles. The molecule has 0 radical (unpaired) electrons. The Morgan fingerprint density at radius 1 is 1.15 bits per heavy atom. The van der Waals surface area contributed by atoms with Crippen molar-refractivity contribution < 1.29 is 24.2 Å². The van der Waals surface area contributed by atoms with Crippen molar-refractivity contribution in [2.45, 2.75) is 44.1 Å². The Hall–Kier alpha value is -1.14. The average Bonchev–Trinajstić information content (AvgIpc) is 2.46. The number of carbonyl (C=O) groups is 2. The third-order valence-corrected chi connectivity index (χ3v) is 3.99. The lowest BCUT2D eigenvalue weighted by Gasteiger charge is -2.41. The summed E-state index contributed by atoms with van der Waals surface area (Å²) in [5.41, 5.74) is -1.03. The molecule has 0 bridgehead atoms. The predicted molar refractivity (Wildman–Crippen MR) is 73.5 cm³/mol. The molecule has 0 aromatic carbocycles. The number of ether oxygens (including phenoxy) is 2. The van der Waals surface area contributed by atoms with Crippen LogP contribution in [0.15, 0.2) is 0 Å². The molecule has 6 heteroatoms. The van der Waals surface area contributed by atoms with Crippen LogP contribution < -0.4 is 0 Å². The second-order valence-electron chi connectivity index (χ2n) is 5.21. The number of rotatable bonds is 8. The molecule has 0 aromatic rings. The Labute approximate surface area is 120 Å². The molecule has 20 heavy (non-hydrogen) atoms. The van der Waals surface area contributed by atoms with Gasteiger partial charge in [-0.3, -0.25) is 4.79 Å². The maximum atomic E-state index is 12.1. The van der Waals surface area contributed by atoms with Crippen molar-refractivity contribution in [1.82, 2.24) is 4.90 Å². The summed E-state index contributed by atoms with van der Waals surface area (Å²) in [5.74, 6) is -1.07. The number of carbonyl (C=O) groups excluding carboxylic acids is 1. The molecule has 0 atom stereocenters. The lowest BCUT2D eigenvalue weighted by molar-refractivity contribution is -0.160. The van der Waals surface area contributed by atoms with Crippen LogP contribution in [0.4, 0.5) is 0 Å². The molecule has 0 aromatic heterocycles. The molecule has 0 saturated heterocycles. The Morgan fingerprint density at radius 3 is 2.35 bits per heavy atom. The third kappa shape index (κ3) is 4.18. The summed E-state index contributed by atoms with van der Waals surface area (Å²) in [4.78, 5) is 25.1. The molecule has 0 aliphatic heterocycles. The Morgan fingerprint density at radius 2 is 1.80 bits per heavy atom. The second-order valence-corrected chi connectivity index (χ2v) is 5.21. The van der Waals surface area contributed by atoms with Crippen molar-refractivity contribution >= 4 is 11.9 Å². The molecule has 1 amide bonds. The van der Waals surface area contributed by atoms with Gasteiger partial charge >= 0.3 is 5.97 Å². The standard InChI is InChI=1S/C14H25NO5/c1-15(12(16)6-9-20-11-10-19-2)14(13(17)18)7-4-3-5-8-14/h3-11H2,1-2H3,(H,17,18). The first kappa shape index (κ1) is 16.9. The summed E-state index contributed by atoms with van der Waals surface area (Å²) in [6.45, 7) is 1.23. The van der Waals surface area contributed by atoms with E-state index in [2.05, 4.69) is 0 Å². The predicted octanol–water partition coefficient (Wildman–Crippen LogP) is 1.29. The highest BCUT2D eigenvalue weighted by atomic mass is 16.5. The minimum atomic E-state index is -1.03. The molecule has 1 rings (SSSR count). The van der Waals surface area contributed by atoms with E-state index >= 15 is 0 Å². The van der Waals surface area contributed by atoms with Gasteiger partial charge in [0.25, 0.3) is 0 Å². The summed E-state index contributed by atoms with van der Waals surface area (Å²) in [6.07, 6.45) is 4.03. The van der Waals surface area contributed by atoms with Crippen molar-refractivity contribution in [2.24, 2.45) is 0 Å². The molecule has 1 N–H and O–H groups in total. The van der Waals surface area contributed by atoms with Crippen LogP contribution in [0, 0.1) is 0 Å². The summed E-state index contributed by atoms with van der Waals surface area (Å²) < 4.78 is 10.1. The van der Waals surface area contributed by atoms with Gasteiger partial charge in [-0.05, 0) is 12.8 Å². The Bertz CT molecular complexity index is 326. The van der Waals surface area contributed by atoms with Crippen molar-refractivity contribution in [3.05, 3.63) is 0 Å². The zero-order valence-corrected chi connectivity index (χ0v) is 12.4. The van der Waals surface area contributed by atoms with Gasteiger partial charge in [0.15, 0.2) is 0 Å². The first-order valence-electron chi connectivity index (χ1n) is 7.11. The maximum absolute atomic E-state index is 12.1. The van der Waals surface area contributed by atoms with Crippen LogP contribution in [0.2, 0.25) is 0 Å². The molecule has 0 unspecified atom stereocenters. The Balaban J connectivity index is 2.50. The zero-order chi connectivity index (χ0) is 15.0. The fourth-order valence-corrected chi connectivity index (χ4v) is 2.64. The maximum Gasteiger partial charge on any atom is 0.329 e. The summed E-state index contributed by atoms with van der Waals surface area (Å²) >= 11 is 0. The van der Waals surface area contributed by atoms with Crippen LogP contribution in [0.25, 0.3) is 0 Å². The van der Waals surface area contributed by atoms with Gasteiger partial charge in [-0.1, -0.05) is 19.3 Å². The van der Waals surface area contributed by atoms with E-state index in [0.29, 0.717) is 32.7 Å². The fraction of sp³-hybridized carbons (Fsp3) is 0.857. The molecule has 0 spiro atoms. The number of carboxylic acids is 1. The van der Waals surface area contributed by atoms with Gasteiger partial charge in [-0.2, -0.15) is 0 Å². The van der Waals surface area contributed by atoms with E-state index in [-0.39, 0.29) is 12.3 Å². The first-order chi connectivity index (χ1) is 9.54. The third-order valence-electron chi connectivity index (χ3n) is 3.99. The minimum Gasteiger partial charge on any atom is -0.479 e. The largest absolute Gasteiger partial charge is 0.479 e. The van der Waals surface area contributed by atoms with Gasteiger partial charge in [0.1, 0.15) is 5.54 Å². The van der Waals surface area contributed by atoms with E-state index in [9.17, 15) is 14.7 Å². The summed E-state index contributed by atoms with van der Waals surface area (Å²) in [7, 11) is 3.18. The number of carboxylic acid groups (broad SMARTS) is 1. The molecule has 1 aliphatic rings. The number of amides is 1. The highest BCUT2D eigenvalue weighted by Crippen LogP contribution is 2.33. The van der Waals surface area contributed by atoms with E-state index in [4.69, 9.17) is 9.47 Å².